The summed E-state index contributed by atoms with van der Waals surface area (Å²) in [7, 11) is -3.33. The van der Waals surface area contributed by atoms with Crippen LogP contribution in [-0.2, 0) is 10.0 Å². The van der Waals surface area contributed by atoms with Crippen molar-refractivity contribution in [2.24, 2.45) is 5.92 Å². The second-order valence-corrected chi connectivity index (χ2v) is 7.48. The number of hydrogen-bond acceptors (Lipinski definition) is 3. The molecule has 1 unspecified atom stereocenters. The number of hydrogen-bond donors (Lipinski definition) is 1. The molecule has 3 nitrogen and oxygen atoms in total. The van der Waals surface area contributed by atoms with Crippen molar-refractivity contribution in [2.75, 3.05) is 0 Å². The van der Waals surface area contributed by atoms with Crippen molar-refractivity contribution in [1.29, 1.82) is 0 Å². The molecule has 0 bridgehead atoms. The third kappa shape index (κ3) is 2.61. The number of sulfonamides is 1. The normalized spacial score (nSPS) is 19.1. The van der Waals surface area contributed by atoms with E-state index in [2.05, 4.69) is 20.7 Å². The van der Waals surface area contributed by atoms with E-state index < -0.39 is 10.0 Å². The highest BCUT2D eigenvalue weighted by atomic mass is 79.9. The standard InChI is InChI=1S/C9H12BrNO2S2/c1-6(7-2-3-7)11-15(12,13)9-8(10)4-5-14-9/h4-7,11H,2-3H2,1H3. The Morgan fingerprint density at radius 3 is 2.73 bits per heavy atom. The van der Waals surface area contributed by atoms with Crippen LogP contribution in [-0.4, -0.2) is 14.5 Å². The highest BCUT2D eigenvalue weighted by molar-refractivity contribution is 9.10. The Labute approximate surface area is 102 Å². The molecule has 1 heterocycles. The first kappa shape index (κ1) is 11.6. The molecule has 1 N–H and O–H groups in total. The summed E-state index contributed by atoms with van der Waals surface area (Å²) in [6, 6.07) is 1.80. The summed E-state index contributed by atoms with van der Waals surface area (Å²) in [6.07, 6.45) is 2.27. The van der Waals surface area contributed by atoms with E-state index in [1.807, 2.05) is 6.92 Å². The van der Waals surface area contributed by atoms with Gasteiger partial charge < -0.3 is 0 Å². The van der Waals surface area contributed by atoms with E-state index >= 15 is 0 Å². The molecule has 0 spiro atoms. The molecule has 84 valence electrons. The Hall–Kier alpha value is 0.0900. The van der Waals surface area contributed by atoms with Crippen LogP contribution in [0.2, 0.25) is 0 Å². The lowest BCUT2D eigenvalue weighted by Gasteiger charge is -2.12. The van der Waals surface area contributed by atoms with Crippen molar-refractivity contribution < 1.29 is 8.42 Å². The number of rotatable bonds is 4. The highest BCUT2D eigenvalue weighted by Gasteiger charge is 2.32. The average Bonchev–Trinajstić information content (AvgIpc) is 2.88. The molecule has 1 fully saturated rings. The maximum absolute atomic E-state index is 11.9. The molecule has 1 aromatic heterocycles. The molecule has 15 heavy (non-hydrogen) atoms. The van der Waals surface area contributed by atoms with Crippen LogP contribution in [0.1, 0.15) is 19.8 Å². The van der Waals surface area contributed by atoms with Crippen LogP contribution in [0.5, 0.6) is 0 Å². The third-order valence-corrected chi connectivity index (χ3v) is 6.73. The lowest BCUT2D eigenvalue weighted by atomic mass is 10.2. The monoisotopic (exact) mass is 309 g/mol. The van der Waals surface area contributed by atoms with Gasteiger partial charge in [0.05, 0.1) is 0 Å². The zero-order valence-corrected chi connectivity index (χ0v) is 11.5. The molecule has 2 rings (SSSR count). The maximum atomic E-state index is 11.9. The molecule has 0 aliphatic heterocycles. The van der Waals surface area contributed by atoms with Gasteiger partial charge in [-0.25, -0.2) is 13.1 Å². The second kappa shape index (κ2) is 4.16. The number of nitrogens with one attached hydrogen (secondary N) is 1. The highest BCUT2D eigenvalue weighted by Crippen LogP contribution is 2.34. The van der Waals surface area contributed by atoms with Crippen LogP contribution in [0.15, 0.2) is 20.1 Å². The average molecular weight is 310 g/mol. The van der Waals surface area contributed by atoms with Gasteiger partial charge in [-0.2, -0.15) is 0 Å². The minimum atomic E-state index is -3.33. The fraction of sp³-hybridized carbons (Fsp3) is 0.556. The fourth-order valence-electron chi connectivity index (χ4n) is 1.46. The molecule has 6 heteroatoms. The summed E-state index contributed by atoms with van der Waals surface area (Å²) in [5, 5.41) is 1.76. The first-order chi connectivity index (χ1) is 7.00. The van der Waals surface area contributed by atoms with E-state index in [1.165, 1.54) is 11.3 Å². The number of halogens is 1. The Bertz CT molecular complexity index is 450. The van der Waals surface area contributed by atoms with E-state index in [1.54, 1.807) is 11.4 Å². The third-order valence-electron chi connectivity index (χ3n) is 2.50. The first-order valence-electron chi connectivity index (χ1n) is 4.76. The zero-order chi connectivity index (χ0) is 11.1. The van der Waals surface area contributed by atoms with Crippen molar-refractivity contribution in [3.05, 3.63) is 15.9 Å². The SMILES string of the molecule is CC(NS(=O)(=O)c1sccc1Br)C1CC1. The van der Waals surface area contributed by atoms with E-state index in [9.17, 15) is 8.42 Å². The summed E-state index contributed by atoms with van der Waals surface area (Å²) in [6.45, 7) is 1.93. The van der Waals surface area contributed by atoms with Gasteiger partial charge in [0.15, 0.2) is 0 Å². The first-order valence-corrected chi connectivity index (χ1v) is 7.91. The quantitative estimate of drug-likeness (QED) is 0.929. The lowest BCUT2D eigenvalue weighted by Crippen LogP contribution is -2.33. The van der Waals surface area contributed by atoms with Gasteiger partial charge in [0, 0.05) is 10.5 Å². The van der Waals surface area contributed by atoms with E-state index in [-0.39, 0.29) is 6.04 Å². The zero-order valence-electron chi connectivity index (χ0n) is 8.23. The number of thiophene rings is 1. The van der Waals surface area contributed by atoms with Crippen molar-refractivity contribution >= 4 is 37.3 Å². The molecule has 1 atom stereocenters. The second-order valence-electron chi connectivity index (χ2n) is 3.80. The van der Waals surface area contributed by atoms with Crippen LogP contribution in [0.3, 0.4) is 0 Å². The molecular weight excluding hydrogens is 298 g/mol. The fourth-order valence-corrected chi connectivity index (χ4v) is 5.13. The minimum absolute atomic E-state index is 0.0454. The van der Waals surface area contributed by atoms with Crippen LogP contribution < -0.4 is 4.72 Å². The Kier molecular flexibility index (Phi) is 3.21. The predicted molar refractivity (Wildman–Crippen MR) is 64.5 cm³/mol. The van der Waals surface area contributed by atoms with Gasteiger partial charge in [0.2, 0.25) is 0 Å². The predicted octanol–water partition coefficient (Wildman–Crippen LogP) is 2.59. The molecule has 0 radical (unpaired) electrons. The van der Waals surface area contributed by atoms with Gasteiger partial charge in [0.25, 0.3) is 10.0 Å². The largest absolute Gasteiger partial charge is 0.251 e. The summed E-state index contributed by atoms with van der Waals surface area (Å²) >= 11 is 4.47. The van der Waals surface area contributed by atoms with Crippen molar-refractivity contribution in [2.45, 2.75) is 30.0 Å². The van der Waals surface area contributed by atoms with Crippen LogP contribution >= 0.6 is 27.3 Å². The Morgan fingerprint density at radius 1 is 1.60 bits per heavy atom. The van der Waals surface area contributed by atoms with Crippen molar-refractivity contribution in [1.82, 2.24) is 4.72 Å². The Balaban J connectivity index is 2.16. The van der Waals surface area contributed by atoms with Crippen molar-refractivity contribution in [3.63, 3.8) is 0 Å². The lowest BCUT2D eigenvalue weighted by molar-refractivity contribution is 0.539. The van der Waals surface area contributed by atoms with E-state index in [4.69, 9.17) is 0 Å². The molecular formula is C9H12BrNO2S2. The molecule has 1 saturated carbocycles. The van der Waals surface area contributed by atoms with Crippen LogP contribution in [0, 0.1) is 5.92 Å². The van der Waals surface area contributed by atoms with Gasteiger partial charge >= 0.3 is 0 Å². The van der Waals surface area contributed by atoms with Gasteiger partial charge in [-0.3, -0.25) is 0 Å². The summed E-state index contributed by atoms with van der Waals surface area (Å²) in [4.78, 5) is 0. The molecule has 1 aliphatic rings. The van der Waals surface area contributed by atoms with Gasteiger partial charge in [-0.15, -0.1) is 11.3 Å². The van der Waals surface area contributed by atoms with E-state index in [0.717, 1.165) is 12.8 Å². The smallest absolute Gasteiger partial charge is 0.207 e. The minimum Gasteiger partial charge on any atom is -0.207 e. The Morgan fingerprint density at radius 2 is 2.27 bits per heavy atom. The molecule has 0 saturated heterocycles. The summed E-state index contributed by atoms with van der Waals surface area (Å²) in [5.41, 5.74) is 0. The summed E-state index contributed by atoms with van der Waals surface area (Å²) < 4.78 is 27.6. The topological polar surface area (TPSA) is 46.2 Å². The van der Waals surface area contributed by atoms with Gasteiger partial charge in [-0.05, 0) is 53.1 Å². The molecule has 1 aromatic rings. The molecule has 1 aliphatic carbocycles. The molecule has 0 amide bonds. The van der Waals surface area contributed by atoms with Crippen LogP contribution in [0.25, 0.3) is 0 Å². The van der Waals surface area contributed by atoms with E-state index in [0.29, 0.717) is 14.6 Å². The van der Waals surface area contributed by atoms with Crippen LogP contribution in [0.4, 0.5) is 0 Å². The van der Waals surface area contributed by atoms with Gasteiger partial charge in [-0.1, -0.05) is 0 Å². The van der Waals surface area contributed by atoms with Crippen molar-refractivity contribution in [3.8, 4) is 0 Å². The summed E-state index contributed by atoms with van der Waals surface area (Å²) in [5.74, 6) is 0.526. The molecule has 0 aromatic carbocycles. The maximum Gasteiger partial charge on any atom is 0.251 e. The van der Waals surface area contributed by atoms with Gasteiger partial charge in [0.1, 0.15) is 4.21 Å².